The minimum atomic E-state index is -0.852. The lowest BCUT2D eigenvalue weighted by Crippen LogP contribution is -2.57. The number of benzene rings is 2. The van der Waals surface area contributed by atoms with E-state index in [0.29, 0.717) is 19.3 Å². The van der Waals surface area contributed by atoms with Gasteiger partial charge in [0.2, 0.25) is 23.6 Å². The van der Waals surface area contributed by atoms with Crippen LogP contribution in [0.3, 0.4) is 0 Å². The third-order valence-electron chi connectivity index (χ3n) is 9.64. The fourth-order valence-corrected chi connectivity index (χ4v) is 7.38. The van der Waals surface area contributed by atoms with Gasteiger partial charge in [-0.2, -0.15) is 0 Å². The van der Waals surface area contributed by atoms with E-state index in [-0.39, 0.29) is 68.0 Å². The van der Waals surface area contributed by atoms with Crippen molar-refractivity contribution >= 4 is 47.4 Å². The first-order valence-corrected chi connectivity index (χ1v) is 19.3. The van der Waals surface area contributed by atoms with Gasteiger partial charge in [-0.15, -0.1) is 23.7 Å². The van der Waals surface area contributed by atoms with Crippen molar-refractivity contribution in [2.45, 2.75) is 123 Å². The van der Waals surface area contributed by atoms with Crippen LogP contribution in [0.2, 0.25) is 0 Å². The zero-order valence-electron chi connectivity index (χ0n) is 31.4. The second-order valence-corrected chi connectivity index (χ2v) is 16.0. The number of primary amides is 1. The Hall–Kier alpha value is -3.84. The number of aromatic nitrogens is 1. The molecule has 1 aromatic heterocycles. The number of thiazole rings is 1. The van der Waals surface area contributed by atoms with Gasteiger partial charge in [0.25, 0.3) is 0 Å². The maximum Gasteiger partial charge on any atom is 0.246 e. The molecule has 4 atom stereocenters. The lowest BCUT2D eigenvalue weighted by molar-refractivity contribution is -0.144. The van der Waals surface area contributed by atoms with E-state index in [1.165, 1.54) is 16.0 Å². The highest BCUT2D eigenvalue weighted by atomic mass is 35.5. The fourth-order valence-electron chi connectivity index (χ4n) is 6.57. The van der Waals surface area contributed by atoms with Gasteiger partial charge in [-0.05, 0) is 73.1 Å². The van der Waals surface area contributed by atoms with Gasteiger partial charge >= 0.3 is 0 Å². The van der Waals surface area contributed by atoms with Crippen molar-refractivity contribution in [3.05, 3.63) is 76.4 Å². The van der Waals surface area contributed by atoms with Crippen molar-refractivity contribution < 1.29 is 24.3 Å². The van der Waals surface area contributed by atoms with E-state index < -0.39 is 23.6 Å². The molecule has 0 radical (unpaired) electrons. The molecule has 2 heterocycles. The summed E-state index contributed by atoms with van der Waals surface area (Å²) in [7, 11) is 0. The molecule has 4 rings (SSSR count). The summed E-state index contributed by atoms with van der Waals surface area (Å²) < 4.78 is 0. The highest BCUT2D eigenvalue weighted by molar-refractivity contribution is 7.13. The van der Waals surface area contributed by atoms with Crippen LogP contribution in [-0.4, -0.2) is 69.4 Å². The Morgan fingerprint density at radius 1 is 0.981 bits per heavy atom. The quantitative estimate of drug-likeness (QED) is 0.113. The molecule has 11 nitrogen and oxygen atoms in total. The molecule has 290 valence electrons. The van der Waals surface area contributed by atoms with E-state index in [0.717, 1.165) is 53.8 Å². The molecule has 0 bridgehead atoms. The van der Waals surface area contributed by atoms with Crippen molar-refractivity contribution in [3.8, 4) is 10.4 Å². The smallest absolute Gasteiger partial charge is 0.246 e. The number of hydrogen-bond donors (Lipinski definition) is 5. The predicted octanol–water partition coefficient (Wildman–Crippen LogP) is 4.98. The molecule has 1 fully saturated rings. The zero-order chi connectivity index (χ0) is 37.8. The molecule has 1 aliphatic heterocycles. The third-order valence-corrected chi connectivity index (χ3v) is 10.6. The maximum atomic E-state index is 13.9. The SMILES string of the molecule is Cc1ncsc1-c1ccc(CNC(=O)[C@@H]2C[C@@H](O)CN2C(=O)[C@@H](NC(=O)CCCCCc2cccc(CC[C@@H](N)CCC(N)=O)c2)C(C)(C)C)cc1.Cl. The van der Waals surface area contributed by atoms with Crippen molar-refractivity contribution in [1.82, 2.24) is 20.5 Å². The van der Waals surface area contributed by atoms with Crippen LogP contribution < -0.4 is 22.1 Å². The standard InChI is InChI=1S/C40H56N6O5S.ClH/c1-26-36(52-25-44-26)30-16-13-29(14-17-30)23-43-38(50)33-22-32(47)24-46(33)39(51)37(40(2,3)4)45-35(49)12-7-5-6-9-27-10-8-11-28(21-27)15-18-31(41)19-20-34(42)48;/h8,10-11,13-14,16-17,21,25,31-33,37,47H,5-7,9,12,15,18-20,22-24,41H2,1-4H3,(H2,42,48)(H,43,50)(H,45,49);1H/t31-,32-,33+,37-;/m1./s1. The number of carbonyl (C=O) groups excluding carboxylic acids is 4. The Kier molecular flexibility index (Phi) is 16.9. The lowest BCUT2D eigenvalue weighted by atomic mass is 9.85. The molecule has 1 saturated heterocycles. The van der Waals surface area contributed by atoms with Crippen LogP contribution in [-0.2, 0) is 38.6 Å². The molecule has 0 saturated carbocycles. The first-order chi connectivity index (χ1) is 24.7. The summed E-state index contributed by atoms with van der Waals surface area (Å²) in [6.07, 6.45) is 5.49. The normalized spacial score (nSPS) is 16.8. The van der Waals surface area contributed by atoms with Gasteiger partial charge in [-0.25, -0.2) is 4.98 Å². The van der Waals surface area contributed by atoms with Crippen LogP contribution in [0.15, 0.2) is 54.0 Å². The molecule has 4 amide bonds. The molecular formula is C40H57ClN6O5S. The van der Waals surface area contributed by atoms with Gasteiger partial charge in [0.15, 0.2) is 0 Å². The number of aryl methyl sites for hydroxylation is 3. The highest BCUT2D eigenvalue weighted by Gasteiger charge is 2.44. The Labute approximate surface area is 324 Å². The molecule has 3 aromatic rings. The number of likely N-dealkylation sites (tertiary alicyclic amines) is 1. The largest absolute Gasteiger partial charge is 0.391 e. The topological polar surface area (TPSA) is 181 Å². The molecule has 2 aromatic carbocycles. The van der Waals surface area contributed by atoms with Crippen molar-refractivity contribution in [2.75, 3.05) is 6.54 Å². The summed E-state index contributed by atoms with van der Waals surface area (Å²) in [6.45, 7) is 7.95. The first kappa shape index (κ1) is 43.6. The number of β-amino-alcohol motifs (C(OH)–C–C–N with tert-alkyl or cyclic N) is 1. The minimum absolute atomic E-state index is 0. The fraction of sp³-hybridized carbons (Fsp3) is 0.525. The zero-order valence-corrected chi connectivity index (χ0v) is 33.1. The van der Waals surface area contributed by atoms with Crippen molar-refractivity contribution in [2.24, 2.45) is 16.9 Å². The summed E-state index contributed by atoms with van der Waals surface area (Å²) in [5, 5.41) is 16.4. The van der Waals surface area contributed by atoms with E-state index in [4.69, 9.17) is 11.5 Å². The molecule has 1 aliphatic rings. The predicted molar refractivity (Wildman–Crippen MR) is 212 cm³/mol. The number of halogens is 1. The van der Waals surface area contributed by atoms with E-state index in [9.17, 15) is 24.3 Å². The Morgan fingerprint density at radius 3 is 2.32 bits per heavy atom. The summed E-state index contributed by atoms with van der Waals surface area (Å²) in [5.74, 6) is -1.23. The third kappa shape index (κ3) is 13.5. The number of amides is 4. The monoisotopic (exact) mass is 768 g/mol. The Bertz CT molecular complexity index is 1660. The average molecular weight is 769 g/mol. The molecule has 0 aliphatic carbocycles. The van der Waals surface area contributed by atoms with Crippen LogP contribution in [0.4, 0.5) is 0 Å². The number of nitrogens with zero attached hydrogens (tertiary/aromatic N) is 2. The second-order valence-electron chi connectivity index (χ2n) is 15.1. The van der Waals surface area contributed by atoms with Gasteiger partial charge < -0.3 is 32.1 Å². The number of aliphatic hydroxyl groups is 1. The molecule has 0 spiro atoms. The summed E-state index contributed by atoms with van der Waals surface area (Å²) in [4.78, 5) is 58.3. The van der Waals surface area contributed by atoms with Crippen molar-refractivity contribution in [3.63, 3.8) is 0 Å². The molecular weight excluding hydrogens is 712 g/mol. The van der Waals surface area contributed by atoms with Crippen LogP contribution >= 0.6 is 23.7 Å². The van der Waals surface area contributed by atoms with Crippen LogP contribution in [0.1, 0.15) is 94.5 Å². The maximum absolute atomic E-state index is 13.9. The minimum Gasteiger partial charge on any atom is -0.391 e. The van der Waals surface area contributed by atoms with E-state index in [2.05, 4.69) is 33.8 Å². The molecule has 13 heteroatoms. The summed E-state index contributed by atoms with van der Waals surface area (Å²) >= 11 is 1.58. The Morgan fingerprint density at radius 2 is 1.68 bits per heavy atom. The van der Waals surface area contributed by atoms with Crippen LogP contribution in [0, 0.1) is 12.3 Å². The van der Waals surface area contributed by atoms with Crippen LogP contribution in [0.25, 0.3) is 10.4 Å². The highest BCUT2D eigenvalue weighted by Crippen LogP contribution is 2.28. The number of hydrogen-bond acceptors (Lipinski definition) is 8. The first-order valence-electron chi connectivity index (χ1n) is 18.4. The van der Waals surface area contributed by atoms with E-state index >= 15 is 0 Å². The van der Waals surface area contributed by atoms with Gasteiger partial charge in [0, 0.05) is 38.4 Å². The number of rotatable bonds is 18. The van der Waals surface area contributed by atoms with Crippen molar-refractivity contribution in [1.29, 1.82) is 0 Å². The second kappa shape index (κ2) is 20.6. The van der Waals surface area contributed by atoms with Crippen LogP contribution in [0.5, 0.6) is 0 Å². The summed E-state index contributed by atoms with van der Waals surface area (Å²) in [5.41, 5.74) is 18.0. The number of carbonyl (C=O) groups is 4. The molecule has 0 unspecified atom stereocenters. The Balaban J connectivity index is 0.00000756. The molecule has 53 heavy (non-hydrogen) atoms. The molecule has 7 N–H and O–H groups in total. The number of nitrogens with two attached hydrogens (primary N) is 2. The average Bonchev–Trinajstić information content (AvgIpc) is 3.72. The van der Waals surface area contributed by atoms with Gasteiger partial charge in [-0.3, -0.25) is 19.2 Å². The number of aliphatic hydroxyl groups excluding tert-OH is 1. The number of unbranched alkanes of at least 4 members (excludes halogenated alkanes) is 2. The number of nitrogens with one attached hydrogen (secondary N) is 2. The van der Waals surface area contributed by atoms with Gasteiger partial charge in [0.05, 0.1) is 22.2 Å². The summed E-state index contributed by atoms with van der Waals surface area (Å²) in [6, 6.07) is 14.6. The van der Waals surface area contributed by atoms with Gasteiger partial charge in [-0.1, -0.05) is 75.7 Å². The van der Waals surface area contributed by atoms with Gasteiger partial charge in [0.1, 0.15) is 12.1 Å². The van der Waals surface area contributed by atoms with E-state index in [1.54, 1.807) is 11.3 Å². The van der Waals surface area contributed by atoms with E-state index in [1.807, 2.05) is 63.5 Å². The lowest BCUT2D eigenvalue weighted by Gasteiger charge is -2.35.